The Kier molecular flexibility index (Phi) is 48.5. The molecule has 0 aliphatic carbocycles. The summed E-state index contributed by atoms with van der Waals surface area (Å²) >= 11 is 0. The first-order valence-electron chi connectivity index (χ1n) is 25.9. The number of carbonyl (C=O) groups is 3. The van der Waals surface area contributed by atoms with Crippen LogP contribution in [0.2, 0.25) is 0 Å². The highest BCUT2D eigenvalue weighted by molar-refractivity contribution is 5.71. The van der Waals surface area contributed by atoms with Crippen LogP contribution in [-0.4, -0.2) is 37.2 Å². The number of hydrogen-bond acceptors (Lipinski definition) is 6. The zero-order valence-corrected chi connectivity index (χ0v) is 41.3. The van der Waals surface area contributed by atoms with Crippen LogP contribution in [0.25, 0.3) is 0 Å². The van der Waals surface area contributed by atoms with Gasteiger partial charge in [-0.05, 0) is 103 Å². The zero-order valence-electron chi connectivity index (χ0n) is 41.3. The van der Waals surface area contributed by atoms with E-state index in [2.05, 4.69) is 93.7 Å². The first-order chi connectivity index (χ1) is 31.5. The van der Waals surface area contributed by atoms with Crippen molar-refractivity contribution in [3.05, 3.63) is 109 Å². The molecule has 0 fully saturated rings. The molecule has 0 aromatic heterocycles. The zero-order chi connectivity index (χ0) is 46.5. The number of unbranched alkanes of at least 4 members (excludes halogenated alkanes) is 19. The Balaban J connectivity index is 4.48. The molecule has 0 rings (SSSR count). The average molecular weight is 887 g/mol. The molecule has 0 saturated heterocycles. The van der Waals surface area contributed by atoms with Gasteiger partial charge in [-0.25, -0.2) is 0 Å². The van der Waals surface area contributed by atoms with Crippen LogP contribution in [0, 0.1) is 0 Å². The smallest absolute Gasteiger partial charge is 0.306 e. The molecule has 0 amide bonds. The van der Waals surface area contributed by atoms with Gasteiger partial charge in [0.25, 0.3) is 0 Å². The van der Waals surface area contributed by atoms with E-state index in [1.54, 1.807) is 0 Å². The van der Waals surface area contributed by atoms with E-state index in [0.717, 1.165) is 122 Å². The second kappa shape index (κ2) is 51.7. The molecule has 1 unspecified atom stereocenters. The summed E-state index contributed by atoms with van der Waals surface area (Å²) < 4.78 is 16.7. The minimum atomic E-state index is -0.809. The molecule has 64 heavy (non-hydrogen) atoms. The first-order valence-corrected chi connectivity index (χ1v) is 25.9. The van der Waals surface area contributed by atoms with Crippen LogP contribution in [-0.2, 0) is 28.6 Å². The van der Waals surface area contributed by atoms with Gasteiger partial charge in [0, 0.05) is 19.3 Å². The van der Waals surface area contributed by atoms with Crippen LogP contribution < -0.4 is 0 Å². The molecule has 0 radical (unpaired) electrons. The van der Waals surface area contributed by atoms with E-state index in [1.807, 2.05) is 36.5 Å². The van der Waals surface area contributed by atoms with Crippen LogP contribution in [0.5, 0.6) is 0 Å². The van der Waals surface area contributed by atoms with Gasteiger partial charge < -0.3 is 14.2 Å². The fourth-order valence-electron chi connectivity index (χ4n) is 6.73. The molecule has 0 aromatic carbocycles. The summed E-state index contributed by atoms with van der Waals surface area (Å²) in [5.74, 6) is -0.981. The predicted octanol–water partition coefficient (Wildman–Crippen LogP) is 17.1. The Morgan fingerprint density at radius 3 is 1.17 bits per heavy atom. The maximum atomic E-state index is 12.8. The van der Waals surface area contributed by atoms with Crippen molar-refractivity contribution in [1.29, 1.82) is 0 Å². The number of ether oxygens (including phenoxy) is 3. The number of allylic oxidation sites excluding steroid dienone is 18. The molecule has 362 valence electrons. The molecule has 1 atom stereocenters. The van der Waals surface area contributed by atoms with Crippen molar-refractivity contribution < 1.29 is 28.6 Å². The van der Waals surface area contributed by atoms with E-state index in [4.69, 9.17) is 14.2 Å². The fraction of sp³-hybridized carbons (Fsp3) is 0.638. The van der Waals surface area contributed by atoms with Gasteiger partial charge in [-0.15, -0.1) is 0 Å². The third kappa shape index (κ3) is 49.1. The highest BCUT2D eigenvalue weighted by Gasteiger charge is 2.19. The Morgan fingerprint density at radius 2 is 0.688 bits per heavy atom. The molecule has 6 heteroatoms. The van der Waals surface area contributed by atoms with Crippen molar-refractivity contribution in [3.8, 4) is 0 Å². The van der Waals surface area contributed by atoms with E-state index in [0.29, 0.717) is 19.3 Å². The summed E-state index contributed by atoms with van der Waals surface area (Å²) in [6.45, 7) is 6.31. The summed E-state index contributed by atoms with van der Waals surface area (Å²) in [6.07, 6.45) is 69.3. The van der Waals surface area contributed by atoms with E-state index in [9.17, 15) is 14.4 Å². The van der Waals surface area contributed by atoms with Crippen molar-refractivity contribution >= 4 is 17.9 Å². The first kappa shape index (κ1) is 60.1. The van der Waals surface area contributed by atoms with Crippen molar-refractivity contribution in [2.75, 3.05) is 13.2 Å². The minimum Gasteiger partial charge on any atom is -0.462 e. The van der Waals surface area contributed by atoms with Crippen molar-refractivity contribution in [3.63, 3.8) is 0 Å². The van der Waals surface area contributed by atoms with Gasteiger partial charge in [0.2, 0.25) is 0 Å². The van der Waals surface area contributed by atoms with Gasteiger partial charge in [-0.1, -0.05) is 207 Å². The van der Waals surface area contributed by atoms with Crippen LogP contribution in [0.3, 0.4) is 0 Å². The van der Waals surface area contributed by atoms with Crippen LogP contribution >= 0.6 is 0 Å². The summed E-state index contributed by atoms with van der Waals surface area (Å²) in [7, 11) is 0. The monoisotopic (exact) mass is 887 g/mol. The number of hydrogen-bond donors (Lipinski definition) is 0. The average Bonchev–Trinajstić information content (AvgIpc) is 3.29. The second-order valence-corrected chi connectivity index (χ2v) is 16.8. The second-order valence-electron chi connectivity index (χ2n) is 16.8. The van der Waals surface area contributed by atoms with E-state index < -0.39 is 6.10 Å². The topological polar surface area (TPSA) is 78.9 Å². The van der Waals surface area contributed by atoms with Gasteiger partial charge in [0.05, 0.1) is 0 Å². The fourth-order valence-corrected chi connectivity index (χ4v) is 6.73. The van der Waals surface area contributed by atoms with Gasteiger partial charge >= 0.3 is 17.9 Å². The van der Waals surface area contributed by atoms with Gasteiger partial charge in [0.1, 0.15) is 13.2 Å². The van der Waals surface area contributed by atoms with E-state index in [1.165, 1.54) is 57.8 Å². The SMILES string of the molecule is CC/C=C/C=C/C=C/C=C/CCCCCC(=O)OCC(COC(=O)CCCCCCCC/C=C/C/C=C/C/C=C/C/C=C/CC)OC(=O)CCCCC/C=C/CCCCCCCCC. The predicted molar refractivity (Wildman–Crippen MR) is 274 cm³/mol. The largest absolute Gasteiger partial charge is 0.462 e. The Hall–Kier alpha value is -3.93. The lowest BCUT2D eigenvalue weighted by Crippen LogP contribution is -2.30. The molecule has 0 aromatic rings. The molecule has 0 aliphatic heterocycles. The summed E-state index contributed by atoms with van der Waals surface area (Å²) in [5.41, 5.74) is 0. The van der Waals surface area contributed by atoms with Gasteiger partial charge in [-0.2, -0.15) is 0 Å². The third-order valence-electron chi connectivity index (χ3n) is 10.6. The Labute approximate surface area is 393 Å². The summed E-state index contributed by atoms with van der Waals surface area (Å²) in [4.78, 5) is 38.0. The van der Waals surface area contributed by atoms with Crippen LogP contribution in [0.15, 0.2) is 109 Å². The molecule has 0 bridgehead atoms. The maximum Gasteiger partial charge on any atom is 0.306 e. The maximum absolute atomic E-state index is 12.8. The number of esters is 3. The number of carbonyl (C=O) groups excluding carboxylic acids is 3. The van der Waals surface area contributed by atoms with Crippen molar-refractivity contribution in [2.24, 2.45) is 0 Å². The van der Waals surface area contributed by atoms with Gasteiger partial charge in [0.15, 0.2) is 6.10 Å². The molecule has 0 aliphatic rings. The minimum absolute atomic E-state index is 0.106. The molecular weight excluding hydrogens is 793 g/mol. The number of rotatable bonds is 45. The molecule has 6 nitrogen and oxygen atoms in total. The van der Waals surface area contributed by atoms with Crippen molar-refractivity contribution in [2.45, 2.75) is 226 Å². The lowest BCUT2D eigenvalue weighted by molar-refractivity contribution is -0.167. The quantitative estimate of drug-likeness (QED) is 0.0199. The standard InChI is InChI=1S/C58H94O6/c1-4-7-10-13-16-19-22-25-27-28-29-30-31-34-36-39-42-45-48-51-57(60)63-54-55(53-62-56(59)50-47-44-41-38-35-32-24-21-18-15-12-9-6-3)64-58(61)52-49-46-43-40-37-33-26-23-20-17-14-11-8-5-2/h7,9-10,12,15-16,18-19,21,24-25,27,29-30,32-33,35,37,55H,4-6,8,11,13-14,17,20,22-23,26,28,31,34,36,38-54H2,1-3H3/b10-7+,12-9+,18-15+,19-16+,24-21+,27-25+,30-29+,35-32+,37-33+. The van der Waals surface area contributed by atoms with E-state index in [-0.39, 0.29) is 31.1 Å². The summed E-state index contributed by atoms with van der Waals surface area (Å²) in [5, 5.41) is 0. The van der Waals surface area contributed by atoms with Crippen molar-refractivity contribution in [1.82, 2.24) is 0 Å². The summed E-state index contributed by atoms with van der Waals surface area (Å²) in [6, 6.07) is 0. The normalized spacial score (nSPS) is 13.0. The lowest BCUT2D eigenvalue weighted by atomic mass is 10.1. The highest BCUT2D eigenvalue weighted by atomic mass is 16.6. The van der Waals surface area contributed by atoms with Gasteiger partial charge in [-0.3, -0.25) is 14.4 Å². The van der Waals surface area contributed by atoms with Crippen LogP contribution in [0.4, 0.5) is 0 Å². The lowest BCUT2D eigenvalue weighted by Gasteiger charge is -2.18. The Bertz CT molecular complexity index is 1340. The van der Waals surface area contributed by atoms with E-state index >= 15 is 0 Å². The highest BCUT2D eigenvalue weighted by Crippen LogP contribution is 2.13. The third-order valence-corrected chi connectivity index (χ3v) is 10.6. The molecule has 0 heterocycles. The molecular formula is C58H94O6. The molecule has 0 saturated carbocycles. The molecule has 0 spiro atoms. The Morgan fingerprint density at radius 1 is 0.344 bits per heavy atom. The van der Waals surface area contributed by atoms with Crippen LogP contribution in [0.1, 0.15) is 220 Å². The molecule has 0 N–H and O–H groups in total.